The average Bonchev–Trinajstić information content (AvgIpc) is 2.95. The smallest absolute Gasteiger partial charge is 0.241 e. The van der Waals surface area contributed by atoms with E-state index in [4.69, 9.17) is 5.11 Å². The van der Waals surface area contributed by atoms with Gasteiger partial charge >= 0.3 is 0 Å². The molecule has 1 aliphatic rings. The van der Waals surface area contributed by atoms with Crippen LogP contribution in [-0.4, -0.2) is 19.1 Å². The topological polar surface area (TPSA) is 66.4 Å². The number of hydrogen-bond acceptors (Lipinski definition) is 3. The van der Waals surface area contributed by atoms with Crippen LogP contribution >= 0.6 is 0 Å². The van der Waals surface area contributed by atoms with E-state index in [1.165, 1.54) is 6.07 Å². The Morgan fingerprint density at radius 2 is 2.06 bits per heavy atom. The predicted octanol–water partition coefficient (Wildman–Crippen LogP) is 1.32. The SMILES string of the molecule is Cc1ccc(CO)cc1S(=O)(=O)NC1(C)CC1. The number of nitrogens with one attached hydrogen (secondary N) is 1. The van der Waals surface area contributed by atoms with Crippen molar-refractivity contribution in [3.05, 3.63) is 29.3 Å². The van der Waals surface area contributed by atoms with Crippen molar-refractivity contribution in [2.45, 2.75) is 43.7 Å². The average molecular weight is 255 g/mol. The van der Waals surface area contributed by atoms with Crippen LogP contribution in [0.25, 0.3) is 0 Å². The summed E-state index contributed by atoms with van der Waals surface area (Å²) in [4.78, 5) is 0.261. The molecule has 1 aliphatic carbocycles. The highest BCUT2D eigenvalue weighted by molar-refractivity contribution is 7.89. The summed E-state index contributed by atoms with van der Waals surface area (Å²) in [5.41, 5.74) is 1.02. The molecule has 1 aromatic carbocycles. The van der Waals surface area contributed by atoms with Crippen molar-refractivity contribution in [2.24, 2.45) is 0 Å². The normalized spacial score (nSPS) is 18.1. The standard InChI is InChI=1S/C12H17NO3S/c1-9-3-4-10(8-14)7-11(9)17(15,16)13-12(2)5-6-12/h3-4,7,13-14H,5-6,8H2,1-2H3. The molecular weight excluding hydrogens is 238 g/mol. The van der Waals surface area contributed by atoms with Crippen LogP contribution in [0.2, 0.25) is 0 Å². The van der Waals surface area contributed by atoms with E-state index in [9.17, 15) is 8.42 Å². The molecule has 94 valence electrons. The van der Waals surface area contributed by atoms with Crippen molar-refractivity contribution in [2.75, 3.05) is 0 Å². The lowest BCUT2D eigenvalue weighted by atomic mass is 10.2. The summed E-state index contributed by atoms with van der Waals surface area (Å²) in [6.45, 7) is 3.50. The fourth-order valence-corrected chi connectivity index (χ4v) is 3.46. The number of aliphatic hydroxyl groups excluding tert-OH is 1. The Morgan fingerprint density at radius 3 is 2.59 bits per heavy atom. The summed E-state index contributed by atoms with van der Waals surface area (Å²) >= 11 is 0. The highest BCUT2D eigenvalue weighted by Gasteiger charge is 2.41. The summed E-state index contributed by atoms with van der Waals surface area (Å²) in [5.74, 6) is 0. The summed E-state index contributed by atoms with van der Waals surface area (Å²) in [5, 5.41) is 9.05. The zero-order chi connectivity index (χ0) is 12.7. The molecule has 0 unspecified atom stereocenters. The van der Waals surface area contributed by atoms with Gasteiger partial charge in [0.15, 0.2) is 0 Å². The second-order valence-corrected chi connectivity index (χ2v) is 6.57. The maximum absolute atomic E-state index is 12.2. The number of aryl methyl sites for hydroxylation is 1. The molecule has 0 heterocycles. The Kier molecular flexibility index (Phi) is 3.01. The first kappa shape index (κ1) is 12.5. The van der Waals surface area contributed by atoms with Crippen LogP contribution in [0.4, 0.5) is 0 Å². The van der Waals surface area contributed by atoms with Crippen molar-refractivity contribution in [3.8, 4) is 0 Å². The third-order valence-corrected chi connectivity index (χ3v) is 4.89. The van der Waals surface area contributed by atoms with Crippen LogP contribution in [0.3, 0.4) is 0 Å². The Labute approximate surface area is 102 Å². The van der Waals surface area contributed by atoms with Gasteiger partial charge in [-0.05, 0) is 43.9 Å². The highest BCUT2D eigenvalue weighted by atomic mass is 32.2. The molecule has 0 aliphatic heterocycles. The fraction of sp³-hybridized carbons (Fsp3) is 0.500. The van der Waals surface area contributed by atoms with Gasteiger partial charge in [0.05, 0.1) is 11.5 Å². The molecular formula is C12H17NO3S. The van der Waals surface area contributed by atoms with E-state index in [1.54, 1.807) is 19.1 Å². The van der Waals surface area contributed by atoms with Gasteiger partial charge < -0.3 is 5.11 Å². The zero-order valence-corrected chi connectivity index (χ0v) is 10.8. The summed E-state index contributed by atoms with van der Waals surface area (Å²) in [6.07, 6.45) is 1.76. The van der Waals surface area contributed by atoms with Crippen molar-refractivity contribution < 1.29 is 13.5 Å². The van der Waals surface area contributed by atoms with Gasteiger partial charge in [-0.1, -0.05) is 12.1 Å². The molecule has 0 radical (unpaired) electrons. The van der Waals surface area contributed by atoms with E-state index in [0.29, 0.717) is 11.1 Å². The van der Waals surface area contributed by atoms with Crippen LogP contribution in [0.1, 0.15) is 30.9 Å². The maximum Gasteiger partial charge on any atom is 0.241 e. The van der Waals surface area contributed by atoms with Gasteiger partial charge in [0, 0.05) is 5.54 Å². The molecule has 0 saturated heterocycles. The minimum absolute atomic E-state index is 0.153. The molecule has 17 heavy (non-hydrogen) atoms. The first-order valence-electron chi connectivity index (χ1n) is 5.61. The van der Waals surface area contributed by atoms with Gasteiger partial charge in [0.2, 0.25) is 10.0 Å². The Hall–Kier alpha value is -0.910. The van der Waals surface area contributed by atoms with Crippen LogP contribution in [0.5, 0.6) is 0 Å². The van der Waals surface area contributed by atoms with Gasteiger partial charge in [-0.2, -0.15) is 0 Å². The molecule has 0 aromatic heterocycles. The molecule has 2 rings (SSSR count). The maximum atomic E-state index is 12.2. The van der Waals surface area contributed by atoms with E-state index >= 15 is 0 Å². The minimum atomic E-state index is -3.48. The molecule has 0 spiro atoms. The molecule has 0 bridgehead atoms. The summed E-state index contributed by atoms with van der Waals surface area (Å²) in [6, 6.07) is 4.98. The Balaban J connectivity index is 2.38. The second-order valence-electron chi connectivity index (χ2n) is 4.92. The molecule has 2 N–H and O–H groups in total. The predicted molar refractivity (Wildman–Crippen MR) is 65.1 cm³/mol. The number of benzene rings is 1. The van der Waals surface area contributed by atoms with E-state index < -0.39 is 10.0 Å². The number of sulfonamides is 1. The van der Waals surface area contributed by atoms with Gasteiger partial charge in [0.25, 0.3) is 0 Å². The van der Waals surface area contributed by atoms with Gasteiger partial charge in [-0.15, -0.1) is 0 Å². The van der Waals surface area contributed by atoms with Crippen LogP contribution in [-0.2, 0) is 16.6 Å². The molecule has 4 nitrogen and oxygen atoms in total. The largest absolute Gasteiger partial charge is 0.392 e. The lowest BCUT2D eigenvalue weighted by Gasteiger charge is -2.14. The number of hydrogen-bond donors (Lipinski definition) is 2. The van der Waals surface area contributed by atoms with Gasteiger partial charge in [-0.3, -0.25) is 0 Å². The third-order valence-electron chi connectivity index (χ3n) is 3.11. The Morgan fingerprint density at radius 1 is 1.41 bits per heavy atom. The Bertz CT molecular complexity index is 533. The van der Waals surface area contributed by atoms with Crippen molar-refractivity contribution in [1.82, 2.24) is 4.72 Å². The molecule has 1 saturated carbocycles. The minimum Gasteiger partial charge on any atom is -0.392 e. The van der Waals surface area contributed by atoms with Crippen LogP contribution in [0.15, 0.2) is 23.1 Å². The molecule has 1 aromatic rings. The monoisotopic (exact) mass is 255 g/mol. The highest BCUT2D eigenvalue weighted by Crippen LogP contribution is 2.36. The van der Waals surface area contributed by atoms with Crippen molar-refractivity contribution >= 4 is 10.0 Å². The third kappa shape index (κ3) is 2.68. The summed E-state index contributed by atoms with van der Waals surface area (Å²) in [7, 11) is -3.48. The van der Waals surface area contributed by atoms with Crippen molar-refractivity contribution in [3.63, 3.8) is 0 Å². The quantitative estimate of drug-likeness (QED) is 0.852. The first-order chi connectivity index (χ1) is 7.86. The molecule has 0 amide bonds. The van der Waals surface area contributed by atoms with E-state index in [2.05, 4.69) is 4.72 Å². The van der Waals surface area contributed by atoms with Gasteiger partial charge in [0.1, 0.15) is 0 Å². The fourth-order valence-electron chi connectivity index (χ4n) is 1.70. The molecule has 0 atom stereocenters. The number of aliphatic hydroxyl groups is 1. The van der Waals surface area contributed by atoms with Crippen LogP contribution < -0.4 is 4.72 Å². The molecule has 1 fully saturated rings. The lowest BCUT2D eigenvalue weighted by molar-refractivity contribution is 0.281. The first-order valence-corrected chi connectivity index (χ1v) is 7.09. The van der Waals surface area contributed by atoms with E-state index in [-0.39, 0.29) is 17.0 Å². The van der Waals surface area contributed by atoms with E-state index in [0.717, 1.165) is 12.8 Å². The lowest BCUT2D eigenvalue weighted by Crippen LogP contribution is -2.34. The van der Waals surface area contributed by atoms with E-state index in [1.807, 2.05) is 6.92 Å². The zero-order valence-electron chi connectivity index (χ0n) is 10.0. The summed E-state index contributed by atoms with van der Waals surface area (Å²) < 4.78 is 27.1. The molecule has 5 heteroatoms. The van der Waals surface area contributed by atoms with Gasteiger partial charge in [-0.25, -0.2) is 13.1 Å². The number of rotatable bonds is 4. The van der Waals surface area contributed by atoms with Crippen LogP contribution in [0, 0.1) is 6.92 Å². The second kappa shape index (κ2) is 4.08. The van der Waals surface area contributed by atoms with Crippen molar-refractivity contribution in [1.29, 1.82) is 0 Å².